The maximum absolute atomic E-state index is 9.49. The lowest BCUT2D eigenvalue weighted by Crippen LogP contribution is -2.39. The van der Waals surface area contributed by atoms with Crippen LogP contribution in [0.4, 0.5) is 0 Å². The predicted octanol–water partition coefficient (Wildman–Crippen LogP) is 5.89. The summed E-state index contributed by atoms with van der Waals surface area (Å²) >= 11 is 0. The van der Waals surface area contributed by atoms with Crippen LogP contribution in [0, 0.1) is 0 Å². The summed E-state index contributed by atoms with van der Waals surface area (Å²) in [6, 6.07) is 37.4. The van der Waals surface area contributed by atoms with Gasteiger partial charge >= 0.3 is 0 Å². The molecule has 3 N–H and O–H groups in total. The van der Waals surface area contributed by atoms with Crippen LogP contribution in [0.1, 0.15) is 52.2 Å². The zero-order valence-corrected chi connectivity index (χ0v) is 21.7. The minimum atomic E-state index is -0.474. The molecule has 0 saturated carbocycles. The number of rotatable bonds is 10. The van der Waals surface area contributed by atoms with Crippen molar-refractivity contribution in [1.29, 1.82) is 0 Å². The average Bonchev–Trinajstić information content (AvgIpc) is 2.98. The van der Waals surface area contributed by atoms with Gasteiger partial charge in [0.2, 0.25) is 0 Å². The number of benzene rings is 4. The monoisotopic (exact) mass is 508 g/mol. The molecule has 0 amide bonds. The molecule has 0 spiro atoms. The Kier molecular flexibility index (Phi) is 8.97. The number of aliphatic hydroxyl groups excluding tert-OH is 1. The summed E-state index contributed by atoms with van der Waals surface area (Å²) < 4.78 is 13.1. The lowest BCUT2D eigenvalue weighted by atomic mass is 9.99. The summed E-state index contributed by atoms with van der Waals surface area (Å²) in [5, 5.41) is 9.49. The van der Waals surface area contributed by atoms with E-state index in [1.807, 2.05) is 36.4 Å². The van der Waals surface area contributed by atoms with Gasteiger partial charge in [-0.05, 0) is 27.8 Å². The van der Waals surface area contributed by atoms with Gasteiger partial charge in [0.25, 0.3) is 0 Å². The van der Waals surface area contributed by atoms with Gasteiger partial charge in [-0.3, -0.25) is 4.90 Å². The van der Waals surface area contributed by atoms with Crippen LogP contribution in [0.15, 0.2) is 109 Å². The van der Waals surface area contributed by atoms with Crippen molar-refractivity contribution in [2.45, 2.75) is 51.2 Å². The highest BCUT2D eigenvalue weighted by Crippen LogP contribution is 2.38. The Hall–Kier alpha value is -3.32. The molecule has 1 heterocycles. The summed E-state index contributed by atoms with van der Waals surface area (Å²) in [6.07, 6.45) is 0.128. The first-order chi connectivity index (χ1) is 18.7. The van der Waals surface area contributed by atoms with Crippen molar-refractivity contribution in [3.05, 3.63) is 143 Å². The van der Waals surface area contributed by atoms with E-state index in [-0.39, 0.29) is 18.8 Å². The summed E-state index contributed by atoms with van der Waals surface area (Å²) in [7, 11) is 0. The van der Waals surface area contributed by atoms with Gasteiger partial charge in [0.1, 0.15) is 0 Å². The van der Waals surface area contributed by atoms with Crippen LogP contribution >= 0.6 is 0 Å². The Morgan fingerprint density at radius 2 is 1.21 bits per heavy atom. The number of hydrogen-bond acceptors (Lipinski definition) is 5. The zero-order chi connectivity index (χ0) is 26.2. The first-order valence-electron chi connectivity index (χ1n) is 13.3. The molecule has 4 aromatic rings. The quantitative estimate of drug-likeness (QED) is 0.280. The number of nitrogens with two attached hydrogens (primary N) is 1. The molecule has 0 radical (unpaired) electrons. The molecule has 196 valence electrons. The third-order valence-corrected chi connectivity index (χ3v) is 7.06. The van der Waals surface area contributed by atoms with Crippen molar-refractivity contribution in [1.82, 2.24) is 4.90 Å². The lowest BCUT2D eigenvalue weighted by Gasteiger charge is -2.38. The standard InChI is InChI=1S/C33H36N2O3/c34-20-25-11-17-30(18-12-25)33-37-31(19-32(38-33)29-15-13-28(24-36)14-16-29)23-35(21-26-7-3-1-4-8-26)22-27-9-5-2-6-10-27/h1-18,31-33,36H,19-24,34H2/t31-,32+,33+/m0/s1. The Morgan fingerprint density at radius 1 is 0.658 bits per heavy atom. The topological polar surface area (TPSA) is 68.0 Å². The van der Waals surface area contributed by atoms with E-state index in [2.05, 4.69) is 77.7 Å². The van der Waals surface area contributed by atoms with Gasteiger partial charge in [-0.1, -0.05) is 109 Å². The molecule has 1 aliphatic rings. The van der Waals surface area contributed by atoms with Gasteiger partial charge in [0.05, 0.1) is 18.8 Å². The van der Waals surface area contributed by atoms with Crippen LogP contribution in [0.25, 0.3) is 0 Å². The van der Waals surface area contributed by atoms with E-state index in [0.717, 1.165) is 48.3 Å². The second-order valence-corrected chi connectivity index (χ2v) is 9.94. The summed E-state index contributed by atoms with van der Waals surface area (Å²) in [6.45, 7) is 2.98. The van der Waals surface area contributed by atoms with Crippen molar-refractivity contribution in [2.75, 3.05) is 6.54 Å². The first-order valence-corrected chi connectivity index (χ1v) is 13.3. The predicted molar refractivity (Wildman–Crippen MR) is 150 cm³/mol. The molecule has 38 heavy (non-hydrogen) atoms. The van der Waals surface area contributed by atoms with E-state index < -0.39 is 6.29 Å². The Morgan fingerprint density at radius 3 is 1.76 bits per heavy atom. The highest BCUT2D eigenvalue weighted by atomic mass is 16.7. The number of hydrogen-bond donors (Lipinski definition) is 2. The molecule has 3 atom stereocenters. The van der Waals surface area contributed by atoms with Crippen LogP contribution in [-0.2, 0) is 35.7 Å². The van der Waals surface area contributed by atoms with Gasteiger partial charge in [0.15, 0.2) is 6.29 Å². The van der Waals surface area contributed by atoms with Crippen molar-refractivity contribution in [3.8, 4) is 0 Å². The highest BCUT2D eigenvalue weighted by Gasteiger charge is 2.33. The third-order valence-electron chi connectivity index (χ3n) is 7.06. The second kappa shape index (κ2) is 13.0. The fourth-order valence-electron chi connectivity index (χ4n) is 5.00. The first kappa shape index (κ1) is 26.3. The van der Waals surface area contributed by atoms with Crippen LogP contribution < -0.4 is 5.73 Å². The van der Waals surface area contributed by atoms with Crippen LogP contribution in [0.2, 0.25) is 0 Å². The Labute approximate surface area is 225 Å². The van der Waals surface area contributed by atoms with Crippen LogP contribution in [0.3, 0.4) is 0 Å². The Bertz CT molecular complexity index is 1150. The van der Waals surface area contributed by atoms with E-state index in [0.29, 0.717) is 6.54 Å². The third kappa shape index (κ3) is 6.95. The molecule has 0 aromatic heterocycles. The average molecular weight is 509 g/mol. The minimum Gasteiger partial charge on any atom is -0.392 e. The summed E-state index contributed by atoms with van der Waals surface area (Å²) in [4.78, 5) is 2.46. The van der Waals surface area contributed by atoms with Gasteiger partial charge < -0.3 is 20.3 Å². The van der Waals surface area contributed by atoms with E-state index in [1.54, 1.807) is 0 Å². The number of nitrogens with zero attached hydrogens (tertiary/aromatic N) is 1. The molecule has 0 bridgehead atoms. The zero-order valence-electron chi connectivity index (χ0n) is 21.7. The molecule has 5 rings (SSSR count). The largest absolute Gasteiger partial charge is 0.392 e. The second-order valence-electron chi connectivity index (χ2n) is 9.94. The molecular weight excluding hydrogens is 472 g/mol. The normalized spacial score (nSPS) is 19.5. The van der Waals surface area contributed by atoms with Gasteiger partial charge in [-0.2, -0.15) is 0 Å². The fourth-order valence-corrected chi connectivity index (χ4v) is 5.00. The molecule has 0 unspecified atom stereocenters. The van der Waals surface area contributed by atoms with Crippen molar-refractivity contribution < 1.29 is 14.6 Å². The van der Waals surface area contributed by atoms with E-state index in [1.165, 1.54) is 11.1 Å². The maximum atomic E-state index is 9.49. The molecule has 1 saturated heterocycles. The summed E-state index contributed by atoms with van der Waals surface area (Å²) in [5.41, 5.74) is 12.4. The maximum Gasteiger partial charge on any atom is 0.184 e. The van der Waals surface area contributed by atoms with E-state index in [4.69, 9.17) is 15.2 Å². The lowest BCUT2D eigenvalue weighted by molar-refractivity contribution is -0.253. The van der Waals surface area contributed by atoms with E-state index >= 15 is 0 Å². The molecule has 4 aromatic carbocycles. The molecule has 1 aliphatic heterocycles. The number of aliphatic hydroxyl groups is 1. The molecule has 5 nitrogen and oxygen atoms in total. The van der Waals surface area contributed by atoms with Crippen LogP contribution in [-0.4, -0.2) is 22.7 Å². The SMILES string of the molecule is NCc1ccc([C@@H]2O[C@H](CN(Cc3ccccc3)Cc3ccccc3)C[C@H](c3ccc(CO)cc3)O2)cc1. The van der Waals surface area contributed by atoms with Gasteiger partial charge in [0, 0.05) is 38.2 Å². The van der Waals surface area contributed by atoms with Crippen LogP contribution in [0.5, 0.6) is 0 Å². The molecule has 5 heteroatoms. The van der Waals surface area contributed by atoms with Crippen molar-refractivity contribution in [2.24, 2.45) is 5.73 Å². The van der Waals surface area contributed by atoms with E-state index in [9.17, 15) is 5.11 Å². The minimum absolute atomic E-state index is 0.0294. The fraction of sp³-hybridized carbons (Fsp3) is 0.273. The molecular formula is C33H36N2O3. The smallest absolute Gasteiger partial charge is 0.184 e. The van der Waals surface area contributed by atoms with Gasteiger partial charge in [-0.15, -0.1) is 0 Å². The van der Waals surface area contributed by atoms with Gasteiger partial charge in [-0.25, -0.2) is 0 Å². The van der Waals surface area contributed by atoms with Crippen molar-refractivity contribution in [3.63, 3.8) is 0 Å². The number of ether oxygens (including phenoxy) is 2. The molecule has 1 fully saturated rings. The Balaban J connectivity index is 1.39. The van der Waals surface area contributed by atoms with Crippen molar-refractivity contribution >= 4 is 0 Å². The molecule has 0 aliphatic carbocycles. The summed E-state index contributed by atoms with van der Waals surface area (Å²) in [5.74, 6) is 0. The highest BCUT2D eigenvalue weighted by molar-refractivity contribution is 5.26.